The first kappa shape index (κ1) is 15.7. The van der Waals surface area contributed by atoms with Gasteiger partial charge < -0.3 is 4.74 Å². The molecule has 0 saturated heterocycles. The van der Waals surface area contributed by atoms with Crippen molar-refractivity contribution in [1.29, 1.82) is 0 Å². The summed E-state index contributed by atoms with van der Waals surface area (Å²) in [6.07, 6.45) is 0. The van der Waals surface area contributed by atoms with Crippen LogP contribution in [0, 0.1) is 0 Å². The van der Waals surface area contributed by atoms with Crippen LogP contribution in [-0.2, 0) is 25.3 Å². The van der Waals surface area contributed by atoms with Crippen LogP contribution in [0.15, 0.2) is 30.3 Å². The van der Waals surface area contributed by atoms with Crippen LogP contribution in [0.5, 0.6) is 0 Å². The first-order valence-electron chi connectivity index (χ1n) is 5.97. The van der Waals surface area contributed by atoms with E-state index in [0.29, 0.717) is 5.56 Å². The molecule has 0 amide bonds. The number of ether oxygens (including phenoxy) is 1. The Morgan fingerprint density at radius 2 is 1.84 bits per heavy atom. The van der Waals surface area contributed by atoms with Crippen molar-refractivity contribution in [2.45, 2.75) is 25.6 Å². The molecule has 0 fully saturated rings. The second-order valence-electron chi connectivity index (χ2n) is 4.46. The maximum atomic E-state index is 12.3. The maximum Gasteiger partial charge on any atom is 0.321 e. The standard InChI is InChI=1S/C13H19NO4S/c1-11(2)14(9-13(15)18-3)19(16,17)10-12-7-5-4-6-8-12/h4-8,11H,9-10H2,1-3H3. The van der Waals surface area contributed by atoms with Gasteiger partial charge in [0.25, 0.3) is 0 Å². The van der Waals surface area contributed by atoms with Gasteiger partial charge in [0.05, 0.1) is 12.9 Å². The molecule has 6 heteroatoms. The maximum absolute atomic E-state index is 12.3. The van der Waals surface area contributed by atoms with Crippen molar-refractivity contribution < 1.29 is 17.9 Å². The Balaban J connectivity index is 2.91. The zero-order valence-electron chi connectivity index (χ0n) is 11.4. The highest BCUT2D eigenvalue weighted by atomic mass is 32.2. The van der Waals surface area contributed by atoms with E-state index in [0.717, 1.165) is 4.31 Å². The Morgan fingerprint density at radius 3 is 2.32 bits per heavy atom. The van der Waals surface area contributed by atoms with Crippen LogP contribution >= 0.6 is 0 Å². The SMILES string of the molecule is COC(=O)CN(C(C)C)S(=O)(=O)Cc1ccccc1. The Kier molecular flexibility index (Phi) is 5.50. The molecule has 0 aromatic heterocycles. The zero-order chi connectivity index (χ0) is 14.5. The number of hydrogen-bond donors (Lipinski definition) is 0. The fourth-order valence-electron chi connectivity index (χ4n) is 1.66. The lowest BCUT2D eigenvalue weighted by molar-refractivity contribution is -0.141. The van der Waals surface area contributed by atoms with Crippen LogP contribution < -0.4 is 0 Å². The minimum atomic E-state index is -3.55. The summed E-state index contributed by atoms with van der Waals surface area (Å²) in [6.45, 7) is 3.19. The molecule has 106 valence electrons. The molecule has 0 saturated carbocycles. The summed E-state index contributed by atoms with van der Waals surface area (Å²) in [6, 6.07) is 8.58. The van der Waals surface area contributed by atoms with Gasteiger partial charge >= 0.3 is 5.97 Å². The van der Waals surface area contributed by atoms with Crippen LogP contribution in [0.3, 0.4) is 0 Å². The third kappa shape index (κ3) is 4.65. The molecule has 1 aromatic rings. The first-order chi connectivity index (χ1) is 8.86. The van der Waals surface area contributed by atoms with E-state index in [1.54, 1.807) is 38.1 Å². The minimum absolute atomic E-state index is 0.122. The van der Waals surface area contributed by atoms with Gasteiger partial charge in [-0.05, 0) is 19.4 Å². The molecule has 0 heterocycles. The van der Waals surface area contributed by atoms with Gasteiger partial charge in [0.15, 0.2) is 0 Å². The topological polar surface area (TPSA) is 63.7 Å². The van der Waals surface area contributed by atoms with Gasteiger partial charge in [-0.2, -0.15) is 4.31 Å². The van der Waals surface area contributed by atoms with E-state index in [1.165, 1.54) is 7.11 Å². The van der Waals surface area contributed by atoms with Crippen LogP contribution in [0.2, 0.25) is 0 Å². The largest absolute Gasteiger partial charge is 0.468 e. The Hall–Kier alpha value is -1.40. The molecule has 5 nitrogen and oxygen atoms in total. The number of nitrogens with zero attached hydrogens (tertiary/aromatic N) is 1. The molecular formula is C13H19NO4S. The van der Waals surface area contributed by atoms with Crippen LogP contribution in [-0.4, -0.2) is 38.4 Å². The lowest BCUT2D eigenvalue weighted by Crippen LogP contribution is -2.41. The van der Waals surface area contributed by atoms with Crippen molar-refractivity contribution in [3.63, 3.8) is 0 Å². The number of rotatable bonds is 6. The first-order valence-corrected chi connectivity index (χ1v) is 7.58. The molecule has 0 radical (unpaired) electrons. The second kappa shape index (κ2) is 6.68. The van der Waals surface area contributed by atoms with E-state index < -0.39 is 16.0 Å². The molecular weight excluding hydrogens is 266 g/mol. The van der Waals surface area contributed by atoms with E-state index in [9.17, 15) is 13.2 Å². The average Bonchev–Trinajstić information content (AvgIpc) is 2.35. The van der Waals surface area contributed by atoms with E-state index in [-0.39, 0.29) is 18.3 Å². The highest BCUT2D eigenvalue weighted by Gasteiger charge is 2.27. The van der Waals surface area contributed by atoms with E-state index >= 15 is 0 Å². The number of esters is 1. The number of benzene rings is 1. The molecule has 0 N–H and O–H groups in total. The molecule has 1 rings (SSSR count). The van der Waals surface area contributed by atoms with Crippen LogP contribution in [0.1, 0.15) is 19.4 Å². The molecule has 19 heavy (non-hydrogen) atoms. The van der Waals surface area contributed by atoms with Crippen molar-refractivity contribution in [2.24, 2.45) is 0 Å². The Bertz CT molecular complexity index is 511. The summed E-state index contributed by atoms with van der Waals surface area (Å²) >= 11 is 0. The highest BCUT2D eigenvalue weighted by molar-refractivity contribution is 7.88. The van der Waals surface area contributed by atoms with Gasteiger partial charge in [-0.15, -0.1) is 0 Å². The van der Waals surface area contributed by atoms with Crippen LogP contribution in [0.4, 0.5) is 0 Å². The second-order valence-corrected chi connectivity index (χ2v) is 6.38. The average molecular weight is 285 g/mol. The number of methoxy groups -OCH3 is 1. The fourth-order valence-corrected chi connectivity index (χ4v) is 3.39. The Morgan fingerprint density at radius 1 is 1.26 bits per heavy atom. The highest BCUT2D eigenvalue weighted by Crippen LogP contribution is 2.13. The number of carbonyl (C=O) groups is 1. The van der Waals surface area contributed by atoms with Crippen molar-refractivity contribution in [2.75, 3.05) is 13.7 Å². The summed E-state index contributed by atoms with van der Waals surface area (Å²) in [4.78, 5) is 11.3. The van der Waals surface area contributed by atoms with E-state index in [4.69, 9.17) is 0 Å². The third-order valence-corrected chi connectivity index (χ3v) is 4.60. The quantitative estimate of drug-likeness (QED) is 0.741. The van der Waals surface area contributed by atoms with Gasteiger partial charge in [0.2, 0.25) is 10.0 Å². The smallest absolute Gasteiger partial charge is 0.321 e. The van der Waals surface area contributed by atoms with Gasteiger partial charge in [0, 0.05) is 6.04 Å². The monoisotopic (exact) mass is 285 g/mol. The lowest BCUT2D eigenvalue weighted by Gasteiger charge is -2.24. The summed E-state index contributed by atoms with van der Waals surface area (Å²) < 4.78 is 30.3. The van der Waals surface area contributed by atoms with Crippen LogP contribution in [0.25, 0.3) is 0 Å². The summed E-state index contributed by atoms with van der Waals surface area (Å²) in [7, 11) is -2.31. The van der Waals surface area contributed by atoms with E-state index in [2.05, 4.69) is 4.74 Å². The third-order valence-electron chi connectivity index (χ3n) is 2.64. The fraction of sp³-hybridized carbons (Fsp3) is 0.462. The number of hydrogen-bond acceptors (Lipinski definition) is 4. The summed E-state index contributed by atoms with van der Waals surface area (Å²) in [5.74, 6) is -0.687. The van der Waals surface area contributed by atoms with Gasteiger partial charge in [-0.3, -0.25) is 4.79 Å². The predicted molar refractivity (Wildman–Crippen MR) is 72.9 cm³/mol. The summed E-state index contributed by atoms with van der Waals surface area (Å²) in [5.41, 5.74) is 0.693. The molecule has 0 aliphatic heterocycles. The molecule has 0 aliphatic carbocycles. The molecule has 0 spiro atoms. The van der Waals surface area contributed by atoms with Crippen molar-refractivity contribution in [3.05, 3.63) is 35.9 Å². The van der Waals surface area contributed by atoms with Gasteiger partial charge in [-0.1, -0.05) is 30.3 Å². The zero-order valence-corrected chi connectivity index (χ0v) is 12.2. The molecule has 0 aliphatic rings. The predicted octanol–water partition coefficient (Wildman–Crippen LogP) is 1.40. The summed E-state index contributed by atoms with van der Waals surface area (Å²) in [5, 5.41) is 0. The minimum Gasteiger partial charge on any atom is -0.468 e. The normalized spacial score (nSPS) is 11.8. The van der Waals surface area contributed by atoms with Crippen molar-refractivity contribution in [1.82, 2.24) is 4.31 Å². The molecule has 1 aromatic carbocycles. The van der Waals surface area contributed by atoms with Gasteiger partial charge in [0.1, 0.15) is 6.54 Å². The number of sulfonamides is 1. The van der Waals surface area contributed by atoms with Crippen molar-refractivity contribution >= 4 is 16.0 Å². The van der Waals surface area contributed by atoms with E-state index in [1.807, 2.05) is 6.07 Å². The van der Waals surface area contributed by atoms with Crippen molar-refractivity contribution in [3.8, 4) is 0 Å². The molecule has 0 atom stereocenters. The van der Waals surface area contributed by atoms with Gasteiger partial charge in [-0.25, -0.2) is 8.42 Å². The molecule has 0 bridgehead atoms. The number of carbonyl (C=O) groups excluding carboxylic acids is 1. The Labute approximate surface area is 114 Å². The lowest BCUT2D eigenvalue weighted by atomic mass is 10.2. The molecule has 0 unspecified atom stereocenters.